The van der Waals surface area contributed by atoms with Crippen LogP contribution < -0.4 is 16.0 Å². The number of ether oxygens (including phenoxy) is 1. The van der Waals surface area contributed by atoms with Crippen LogP contribution in [0.5, 0.6) is 0 Å². The second-order valence-electron chi connectivity index (χ2n) is 7.06. The molecule has 0 radical (unpaired) electrons. The van der Waals surface area contributed by atoms with Crippen molar-refractivity contribution in [1.82, 2.24) is 20.4 Å². The zero-order valence-electron chi connectivity index (χ0n) is 18.3. The van der Waals surface area contributed by atoms with Gasteiger partial charge < -0.3 is 25.1 Å². The summed E-state index contributed by atoms with van der Waals surface area (Å²) in [6.07, 6.45) is 5.90. The SMILES string of the molecule is CCNC(=NCc1cccc(NC(=O)Cn2cccn2)c1)NCCCOCc1ccco1. The van der Waals surface area contributed by atoms with Crippen LogP contribution in [0.4, 0.5) is 5.69 Å². The molecular formula is C23H30N6O3. The van der Waals surface area contributed by atoms with Crippen LogP contribution in [0.2, 0.25) is 0 Å². The van der Waals surface area contributed by atoms with Gasteiger partial charge in [0.15, 0.2) is 5.96 Å². The molecule has 32 heavy (non-hydrogen) atoms. The average Bonchev–Trinajstić information content (AvgIpc) is 3.49. The minimum Gasteiger partial charge on any atom is -0.467 e. The van der Waals surface area contributed by atoms with E-state index in [-0.39, 0.29) is 12.5 Å². The van der Waals surface area contributed by atoms with Crippen molar-refractivity contribution in [2.24, 2.45) is 4.99 Å². The molecule has 2 aromatic heterocycles. The minimum absolute atomic E-state index is 0.126. The van der Waals surface area contributed by atoms with Crippen molar-refractivity contribution in [3.05, 3.63) is 72.4 Å². The Hall–Kier alpha value is -3.59. The molecule has 0 unspecified atom stereocenters. The fourth-order valence-corrected chi connectivity index (χ4v) is 2.95. The number of carbonyl (C=O) groups is 1. The second kappa shape index (κ2) is 13.0. The van der Waals surface area contributed by atoms with E-state index in [2.05, 4.69) is 26.0 Å². The van der Waals surface area contributed by atoms with Gasteiger partial charge in [-0.1, -0.05) is 12.1 Å². The summed E-state index contributed by atoms with van der Waals surface area (Å²) in [5.41, 5.74) is 1.74. The molecule has 9 nitrogen and oxygen atoms in total. The number of hydrogen-bond acceptors (Lipinski definition) is 5. The molecule has 170 valence electrons. The standard InChI is InChI=1S/C23H30N6O3/c1-2-24-23(25-10-6-13-31-18-21-9-4-14-32-21)26-16-19-7-3-8-20(15-19)28-22(30)17-29-12-5-11-27-29/h3-5,7-9,11-12,14-15H,2,6,10,13,16-18H2,1H3,(H,28,30)(H2,24,25,26). The molecule has 1 aromatic carbocycles. The maximum absolute atomic E-state index is 12.2. The Morgan fingerprint density at radius 2 is 2.16 bits per heavy atom. The van der Waals surface area contributed by atoms with Crippen LogP contribution in [0.15, 0.2) is 70.5 Å². The Labute approximate surface area is 187 Å². The van der Waals surface area contributed by atoms with Gasteiger partial charge in [0.1, 0.15) is 18.9 Å². The molecule has 3 rings (SSSR count). The fourth-order valence-electron chi connectivity index (χ4n) is 2.95. The predicted octanol–water partition coefficient (Wildman–Crippen LogP) is 2.78. The second-order valence-corrected chi connectivity index (χ2v) is 7.06. The van der Waals surface area contributed by atoms with E-state index in [1.807, 2.05) is 43.3 Å². The Balaban J connectivity index is 1.42. The highest BCUT2D eigenvalue weighted by atomic mass is 16.5. The number of hydrogen-bond donors (Lipinski definition) is 3. The Bertz CT molecular complexity index is 954. The van der Waals surface area contributed by atoms with Gasteiger partial charge >= 0.3 is 0 Å². The Morgan fingerprint density at radius 1 is 1.22 bits per heavy atom. The van der Waals surface area contributed by atoms with Crippen LogP contribution in [0.1, 0.15) is 24.7 Å². The Morgan fingerprint density at radius 3 is 2.94 bits per heavy atom. The first-order chi connectivity index (χ1) is 15.7. The van der Waals surface area contributed by atoms with Gasteiger partial charge in [-0.2, -0.15) is 5.10 Å². The molecule has 0 aliphatic heterocycles. The lowest BCUT2D eigenvalue weighted by atomic mass is 10.2. The smallest absolute Gasteiger partial charge is 0.246 e. The first-order valence-corrected chi connectivity index (χ1v) is 10.7. The van der Waals surface area contributed by atoms with Gasteiger partial charge in [-0.25, -0.2) is 4.99 Å². The lowest BCUT2D eigenvalue weighted by molar-refractivity contribution is -0.116. The van der Waals surface area contributed by atoms with Crippen molar-refractivity contribution in [3.8, 4) is 0 Å². The van der Waals surface area contributed by atoms with Crippen molar-refractivity contribution in [1.29, 1.82) is 0 Å². The van der Waals surface area contributed by atoms with E-state index in [4.69, 9.17) is 9.15 Å². The van der Waals surface area contributed by atoms with Crippen LogP contribution in [-0.2, 0) is 29.2 Å². The molecule has 0 aliphatic rings. The van der Waals surface area contributed by atoms with E-state index < -0.39 is 0 Å². The summed E-state index contributed by atoms with van der Waals surface area (Å²) in [6.45, 7) is 5.32. The average molecular weight is 439 g/mol. The Kier molecular flexibility index (Phi) is 9.35. The predicted molar refractivity (Wildman–Crippen MR) is 123 cm³/mol. The summed E-state index contributed by atoms with van der Waals surface area (Å²) < 4.78 is 12.4. The number of furan rings is 1. The zero-order valence-corrected chi connectivity index (χ0v) is 18.3. The molecular weight excluding hydrogens is 408 g/mol. The topological polar surface area (TPSA) is 106 Å². The number of rotatable bonds is 12. The number of guanidine groups is 1. The highest BCUT2D eigenvalue weighted by molar-refractivity contribution is 5.90. The number of aliphatic imine (C=N–C) groups is 1. The molecule has 9 heteroatoms. The summed E-state index contributed by atoms with van der Waals surface area (Å²) in [4.78, 5) is 16.8. The maximum atomic E-state index is 12.2. The van der Waals surface area contributed by atoms with Crippen molar-refractivity contribution in [2.45, 2.75) is 33.0 Å². The quantitative estimate of drug-likeness (QED) is 0.228. The highest BCUT2D eigenvalue weighted by Gasteiger charge is 2.05. The number of carbonyl (C=O) groups excluding carboxylic acids is 1. The van der Waals surface area contributed by atoms with Crippen LogP contribution in [-0.4, -0.2) is 41.3 Å². The molecule has 0 spiro atoms. The number of aromatic nitrogens is 2. The van der Waals surface area contributed by atoms with E-state index in [1.54, 1.807) is 29.4 Å². The summed E-state index contributed by atoms with van der Waals surface area (Å²) in [6, 6.07) is 13.2. The normalized spacial score (nSPS) is 11.3. The van der Waals surface area contributed by atoms with Gasteiger partial charge in [0, 0.05) is 37.8 Å². The first kappa shape index (κ1) is 23.1. The number of benzene rings is 1. The minimum atomic E-state index is -0.126. The number of nitrogens with zero attached hydrogens (tertiary/aromatic N) is 3. The third-order valence-electron chi connectivity index (χ3n) is 4.42. The van der Waals surface area contributed by atoms with Crippen molar-refractivity contribution < 1.29 is 13.9 Å². The maximum Gasteiger partial charge on any atom is 0.246 e. The van der Waals surface area contributed by atoms with Crippen molar-refractivity contribution in [2.75, 3.05) is 25.0 Å². The third kappa shape index (κ3) is 8.27. The monoisotopic (exact) mass is 438 g/mol. The van der Waals surface area contributed by atoms with E-state index in [1.165, 1.54) is 0 Å². The van der Waals surface area contributed by atoms with Crippen LogP contribution >= 0.6 is 0 Å². The molecule has 0 atom stereocenters. The fraction of sp³-hybridized carbons (Fsp3) is 0.348. The molecule has 0 fully saturated rings. The van der Waals surface area contributed by atoms with E-state index >= 15 is 0 Å². The molecule has 0 aliphatic carbocycles. The summed E-state index contributed by atoms with van der Waals surface area (Å²) in [5, 5.41) is 13.5. The van der Waals surface area contributed by atoms with Gasteiger partial charge in [0.05, 0.1) is 12.8 Å². The number of nitrogens with one attached hydrogen (secondary N) is 3. The third-order valence-corrected chi connectivity index (χ3v) is 4.42. The molecule has 3 aromatic rings. The van der Waals surface area contributed by atoms with Crippen LogP contribution in [0, 0.1) is 0 Å². The first-order valence-electron chi connectivity index (χ1n) is 10.7. The van der Waals surface area contributed by atoms with E-state index in [0.717, 1.165) is 42.5 Å². The molecule has 0 saturated heterocycles. The van der Waals surface area contributed by atoms with Crippen LogP contribution in [0.3, 0.4) is 0 Å². The van der Waals surface area contributed by atoms with Gasteiger partial charge in [-0.05, 0) is 49.2 Å². The molecule has 2 heterocycles. The van der Waals surface area contributed by atoms with Crippen LogP contribution in [0.25, 0.3) is 0 Å². The summed E-state index contributed by atoms with van der Waals surface area (Å²) in [5.74, 6) is 1.44. The lowest BCUT2D eigenvalue weighted by Gasteiger charge is -2.12. The van der Waals surface area contributed by atoms with E-state index in [9.17, 15) is 4.79 Å². The number of anilines is 1. The lowest BCUT2D eigenvalue weighted by Crippen LogP contribution is -2.38. The summed E-state index contributed by atoms with van der Waals surface area (Å²) in [7, 11) is 0. The molecule has 1 amide bonds. The van der Waals surface area contributed by atoms with Gasteiger partial charge in [0.2, 0.25) is 5.91 Å². The number of amides is 1. The molecule has 0 saturated carbocycles. The van der Waals surface area contributed by atoms with E-state index in [0.29, 0.717) is 19.8 Å². The van der Waals surface area contributed by atoms with Gasteiger partial charge in [-0.3, -0.25) is 9.48 Å². The van der Waals surface area contributed by atoms with Crippen molar-refractivity contribution in [3.63, 3.8) is 0 Å². The molecule has 3 N–H and O–H groups in total. The zero-order chi connectivity index (χ0) is 22.4. The summed E-state index contributed by atoms with van der Waals surface area (Å²) >= 11 is 0. The van der Waals surface area contributed by atoms with Gasteiger partial charge in [-0.15, -0.1) is 0 Å². The largest absolute Gasteiger partial charge is 0.467 e. The molecule has 0 bridgehead atoms. The highest BCUT2D eigenvalue weighted by Crippen LogP contribution is 2.12. The van der Waals surface area contributed by atoms with Gasteiger partial charge in [0.25, 0.3) is 0 Å². The van der Waals surface area contributed by atoms with Crippen molar-refractivity contribution >= 4 is 17.6 Å².